The van der Waals surface area contributed by atoms with E-state index in [1.54, 1.807) is 6.26 Å². The zero-order valence-electron chi connectivity index (χ0n) is 17.7. The highest BCUT2D eigenvalue weighted by molar-refractivity contribution is 7.99. The molecule has 3 aromatic rings. The van der Waals surface area contributed by atoms with E-state index in [9.17, 15) is 10.1 Å². The second-order valence-corrected chi connectivity index (χ2v) is 8.72. The monoisotopic (exact) mass is 439 g/mol. The van der Waals surface area contributed by atoms with Gasteiger partial charge in [-0.25, -0.2) is 0 Å². The molecule has 0 atom stereocenters. The lowest BCUT2D eigenvalue weighted by Crippen LogP contribution is -2.18. The van der Waals surface area contributed by atoms with Crippen molar-refractivity contribution in [3.05, 3.63) is 46.9 Å². The number of amides is 1. The van der Waals surface area contributed by atoms with E-state index in [0.29, 0.717) is 35.0 Å². The van der Waals surface area contributed by atoms with Crippen molar-refractivity contribution in [3.63, 3.8) is 0 Å². The molecule has 1 fully saturated rings. The van der Waals surface area contributed by atoms with E-state index in [1.807, 2.05) is 30.5 Å². The minimum absolute atomic E-state index is 0.112. The number of nitriles is 1. The molecule has 1 saturated carbocycles. The summed E-state index contributed by atoms with van der Waals surface area (Å²) < 4.78 is 13.1. The second kappa shape index (κ2) is 9.43. The maximum Gasteiger partial charge on any atom is 0.277 e. The van der Waals surface area contributed by atoms with Gasteiger partial charge in [0.1, 0.15) is 17.6 Å². The van der Waals surface area contributed by atoms with Crippen LogP contribution in [0.5, 0.6) is 0 Å². The molecule has 0 aromatic carbocycles. The number of thioether (sulfide) groups is 1. The summed E-state index contributed by atoms with van der Waals surface area (Å²) in [5.74, 6) is 2.10. The normalized spacial score (nSPS) is 14.5. The van der Waals surface area contributed by atoms with Gasteiger partial charge >= 0.3 is 0 Å². The van der Waals surface area contributed by atoms with E-state index in [2.05, 4.69) is 21.6 Å². The van der Waals surface area contributed by atoms with E-state index < -0.39 is 0 Å². The van der Waals surface area contributed by atoms with Gasteiger partial charge in [0.2, 0.25) is 11.8 Å². The molecular formula is C22H25N5O3S. The molecule has 8 nitrogen and oxygen atoms in total. The van der Waals surface area contributed by atoms with Crippen LogP contribution in [0, 0.1) is 25.2 Å². The quantitative estimate of drug-likeness (QED) is 0.528. The van der Waals surface area contributed by atoms with Crippen LogP contribution in [-0.4, -0.2) is 26.4 Å². The van der Waals surface area contributed by atoms with Gasteiger partial charge < -0.3 is 18.7 Å². The standard InChI is InChI=1S/C22H25N5O3S/c1-14-15(2)27(12-17-9-6-10-29-17)20(18(14)11-23)24-19(28)13-31-22-26-25-21(30-22)16-7-4-3-5-8-16/h6,9-10,16H,3-5,7-8,12-13H2,1-2H3,(H,24,28). The smallest absolute Gasteiger partial charge is 0.277 e. The van der Waals surface area contributed by atoms with Crippen LogP contribution < -0.4 is 5.32 Å². The number of aromatic nitrogens is 3. The largest absolute Gasteiger partial charge is 0.467 e. The van der Waals surface area contributed by atoms with Gasteiger partial charge in [0.05, 0.1) is 24.1 Å². The third-order valence-corrected chi connectivity index (χ3v) is 6.61. The molecular weight excluding hydrogens is 414 g/mol. The number of hydrogen-bond acceptors (Lipinski definition) is 7. The zero-order chi connectivity index (χ0) is 21.8. The van der Waals surface area contributed by atoms with Crippen LogP contribution in [0.4, 0.5) is 5.82 Å². The van der Waals surface area contributed by atoms with Gasteiger partial charge in [-0.1, -0.05) is 31.0 Å². The van der Waals surface area contributed by atoms with Gasteiger partial charge in [-0.3, -0.25) is 4.79 Å². The van der Waals surface area contributed by atoms with Crippen molar-refractivity contribution >= 4 is 23.5 Å². The average Bonchev–Trinajstić information content (AvgIpc) is 3.51. The molecule has 1 amide bonds. The van der Waals surface area contributed by atoms with Crippen LogP contribution in [0.1, 0.15) is 66.5 Å². The Morgan fingerprint density at radius 3 is 2.84 bits per heavy atom. The summed E-state index contributed by atoms with van der Waals surface area (Å²) in [6.07, 6.45) is 7.40. The van der Waals surface area contributed by atoms with Gasteiger partial charge in [0, 0.05) is 11.6 Å². The number of rotatable bonds is 7. The van der Waals surface area contributed by atoms with E-state index >= 15 is 0 Å². The summed E-state index contributed by atoms with van der Waals surface area (Å²) in [5.41, 5.74) is 2.20. The molecule has 0 bridgehead atoms. The highest BCUT2D eigenvalue weighted by Gasteiger charge is 2.23. The summed E-state index contributed by atoms with van der Waals surface area (Å²) >= 11 is 1.21. The minimum Gasteiger partial charge on any atom is -0.467 e. The molecule has 1 aliphatic carbocycles. The molecule has 0 spiro atoms. The number of nitrogens with one attached hydrogen (secondary N) is 1. The lowest BCUT2D eigenvalue weighted by atomic mass is 9.89. The van der Waals surface area contributed by atoms with Crippen LogP contribution in [-0.2, 0) is 11.3 Å². The number of nitrogens with zero attached hydrogens (tertiary/aromatic N) is 4. The lowest BCUT2D eigenvalue weighted by Gasteiger charge is -2.17. The molecule has 3 aromatic heterocycles. The minimum atomic E-state index is -0.239. The SMILES string of the molecule is Cc1c(C#N)c(NC(=O)CSc2nnc(C3CCCCC3)o2)n(Cc2ccco2)c1C. The summed E-state index contributed by atoms with van der Waals surface area (Å²) in [6, 6.07) is 5.89. The van der Waals surface area contributed by atoms with Crippen molar-refractivity contribution in [3.8, 4) is 6.07 Å². The number of hydrogen-bond donors (Lipinski definition) is 1. The van der Waals surface area contributed by atoms with Crippen LogP contribution in [0.15, 0.2) is 32.5 Å². The van der Waals surface area contributed by atoms with Gasteiger partial charge in [-0.2, -0.15) is 5.26 Å². The van der Waals surface area contributed by atoms with Crippen molar-refractivity contribution < 1.29 is 13.6 Å². The van der Waals surface area contributed by atoms with Crippen molar-refractivity contribution in [1.29, 1.82) is 5.26 Å². The van der Waals surface area contributed by atoms with Crippen molar-refractivity contribution in [2.75, 3.05) is 11.1 Å². The van der Waals surface area contributed by atoms with E-state index in [-0.39, 0.29) is 11.7 Å². The fraction of sp³-hybridized carbons (Fsp3) is 0.455. The summed E-state index contributed by atoms with van der Waals surface area (Å²) in [5, 5.41) is 21.2. The average molecular weight is 440 g/mol. The predicted octanol–water partition coefficient (Wildman–Crippen LogP) is 4.78. The first-order chi connectivity index (χ1) is 15.1. The molecule has 0 aliphatic heterocycles. The zero-order valence-corrected chi connectivity index (χ0v) is 18.5. The number of anilines is 1. The Morgan fingerprint density at radius 1 is 1.32 bits per heavy atom. The first-order valence-electron chi connectivity index (χ1n) is 10.4. The number of carbonyl (C=O) groups excluding carboxylic acids is 1. The third kappa shape index (κ3) is 4.69. The Kier molecular flexibility index (Phi) is 6.47. The second-order valence-electron chi connectivity index (χ2n) is 7.79. The summed E-state index contributed by atoms with van der Waals surface area (Å²) in [7, 11) is 0. The molecule has 0 saturated heterocycles. The van der Waals surface area contributed by atoms with E-state index in [0.717, 1.165) is 29.9 Å². The Hall–Kier alpha value is -2.99. The molecule has 162 valence electrons. The van der Waals surface area contributed by atoms with Gasteiger partial charge in [-0.05, 0) is 44.4 Å². The Labute approximate surface area is 185 Å². The molecule has 0 unspecified atom stereocenters. The fourth-order valence-electron chi connectivity index (χ4n) is 3.98. The van der Waals surface area contributed by atoms with Gasteiger partial charge in [0.25, 0.3) is 5.22 Å². The molecule has 31 heavy (non-hydrogen) atoms. The van der Waals surface area contributed by atoms with Gasteiger partial charge in [0.15, 0.2) is 0 Å². The molecule has 1 N–H and O–H groups in total. The Bertz CT molecular complexity index is 1090. The topological polar surface area (TPSA) is 110 Å². The van der Waals surface area contributed by atoms with Crippen LogP contribution >= 0.6 is 11.8 Å². The summed E-state index contributed by atoms with van der Waals surface area (Å²) in [6.45, 7) is 4.23. The summed E-state index contributed by atoms with van der Waals surface area (Å²) in [4.78, 5) is 12.7. The first-order valence-corrected chi connectivity index (χ1v) is 11.4. The Balaban J connectivity index is 1.43. The van der Waals surface area contributed by atoms with Gasteiger partial charge in [-0.15, -0.1) is 10.2 Å². The Morgan fingerprint density at radius 2 is 2.13 bits per heavy atom. The van der Waals surface area contributed by atoms with Crippen molar-refractivity contribution in [2.24, 2.45) is 0 Å². The van der Waals surface area contributed by atoms with Crippen LogP contribution in [0.2, 0.25) is 0 Å². The van der Waals surface area contributed by atoms with Crippen LogP contribution in [0.3, 0.4) is 0 Å². The molecule has 9 heteroatoms. The van der Waals surface area contributed by atoms with E-state index in [4.69, 9.17) is 8.83 Å². The number of furan rings is 1. The highest BCUT2D eigenvalue weighted by atomic mass is 32.2. The molecule has 3 heterocycles. The fourth-order valence-corrected chi connectivity index (χ4v) is 4.54. The predicted molar refractivity (Wildman–Crippen MR) is 116 cm³/mol. The third-order valence-electron chi connectivity index (χ3n) is 5.80. The van der Waals surface area contributed by atoms with Crippen molar-refractivity contribution in [1.82, 2.24) is 14.8 Å². The molecule has 1 aliphatic rings. The van der Waals surface area contributed by atoms with E-state index in [1.165, 1.54) is 31.0 Å². The maximum atomic E-state index is 12.7. The maximum absolute atomic E-state index is 12.7. The first kappa shape index (κ1) is 21.2. The lowest BCUT2D eigenvalue weighted by molar-refractivity contribution is -0.113. The molecule has 4 rings (SSSR count). The molecule has 0 radical (unpaired) electrons. The van der Waals surface area contributed by atoms with Crippen LogP contribution in [0.25, 0.3) is 0 Å². The highest BCUT2D eigenvalue weighted by Crippen LogP contribution is 2.33. The van der Waals surface area contributed by atoms with Crippen molar-refractivity contribution in [2.45, 2.75) is 63.6 Å². The number of carbonyl (C=O) groups is 1.